The molecular weight excluding hydrogens is 186 g/mol. The minimum Gasteiger partial charge on any atom is -0.348 e. The maximum Gasteiger partial charge on any atom is 0.309 e. The predicted molar refractivity (Wildman–Crippen MR) is 63.4 cm³/mol. The Morgan fingerprint density at radius 1 is 1.00 bits per heavy atom. The van der Waals surface area contributed by atoms with Gasteiger partial charge in [0.15, 0.2) is 0 Å². The van der Waals surface area contributed by atoms with E-state index in [9.17, 15) is 4.79 Å². The molecule has 1 rings (SSSR count). The molecule has 0 atom stereocenters. The summed E-state index contributed by atoms with van der Waals surface area (Å²) in [7, 11) is 0. The third-order valence-corrected chi connectivity index (χ3v) is 3.46. The van der Waals surface area contributed by atoms with E-state index in [1.165, 1.54) is 57.8 Å². The summed E-state index contributed by atoms with van der Waals surface area (Å²) in [5.74, 6) is 0.998. The molecule has 1 radical (unpaired) electrons. The molecular formula is C13H24NO. The average Bonchev–Trinajstić information content (AvgIpc) is 2.52. The maximum absolute atomic E-state index is 9.89. The lowest BCUT2D eigenvalue weighted by Gasteiger charge is -2.13. The molecule has 15 heavy (non-hydrogen) atoms. The molecule has 1 aliphatic carbocycles. The van der Waals surface area contributed by atoms with Gasteiger partial charge in [-0.05, 0) is 12.3 Å². The second-order valence-electron chi connectivity index (χ2n) is 4.74. The van der Waals surface area contributed by atoms with Gasteiger partial charge >= 0.3 is 6.41 Å². The molecule has 1 fully saturated rings. The smallest absolute Gasteiger partial charge is 0.309 e. The van der Waals surface area contributed by atoms with E-state index in [0.29, 0.717) is 0 Å². The molecule has 0 bridgehead atoms. The van der Waals surface area contributed by atoms with Crippen molar-refractivity contribution in [2.75, 3.05) is 6.54 Å². The van der Waals surface area contributed by atoms with Crippen LogP contribution in [0.3, 0.4) is 0 Å². The van der Waals surface area contributed by atoms with Crippen LogP contribution in [0.4, 0.5) is 0 Å². The quantitative estimate of drug-likeness (QED) is 0.390. The van der Waals surface area contributed by atoms with Crippen molar-refractivity contribution in [3.8, 4) is 0 Å². The number of rotatable bonds is 7. The molecule has 2 heteroatoms. The third-order valence-electron chi connectivity index (χ3n) is 3.46. The van der Waals surface area contributed by atoms with E-state index in [-0.39, 0.29) is 0 Å². The Bertz CT molecular complexity index is 151. The van der Waals surface area contributed by atoms with Gasteiger partial charge in [-0.15, -0.1) is 0 Å². The Morgan fingerprint density at radius 2 is 1.73 bits per heavy atom. The zero-order chi connectivity index (χ0) is 10.8. The predicted octanol–water partition coefficient (Wildman–Crippen LogP) is 3.17. The van der Waals surface area contributed by atoms with E-state index in [1.54, 1.807) is 6.41 Å². The van der Waals surface area contributed by atoms with E-state index >= 15 is 0 Å². The first-order valence-corrected chi connectivity index (χ1v) is 6.53. The molecule has 1 aliphatic rings. The van der Waals surface area contributed by atoms with Crippen molar-refractivity contribution in [3.05, 3.63) is 0 Å². The Balaban J connectivity index is 1.91. The van der Waals surface area contributed by atoms with Gasteiger partial charge in [0.05, 0.1) is 0 Å². The van der Waals surface area contributed by atoms with E-state index in [2.05, 4.69) is 5.32 Å². The van der Waals surface area contributed by atoms with Crippen LogP contribution in [0.5, 0.6) is 0 Å². The number of unbranched alkanes of at least 4 members (excludes halogenated alkanes) is 2. The zero-order valence-electron chi connectivity index (χ0n) is 9.76. The topological polar surface area (TPSA) is 29.1 Å². The molecule has 0 aromatic carbocycles. The zero-order valence-corrected chi connectivity index (χ0v) is 9.76. The highest BCUT2D eigenvalue weighted by molar-refractivity contribution is 5.46. The number of hydrogen-bond donors (Lipinski definition) is 1. The van der Waals surface area contributed by atoms with Crippen molar-refractivity contribution in [3.63, 3.8) is 0 Å². The van der Waals surface area contributed by atoms with Gasteiger partial charge in [0.1, 0.15) is 0 Å². The summed E-state index contributed by atoms with van der Waals surface area (Å²) in [6, 6.07) is 0. The van der Waals surface area contributed by atoms with E-state index in [4.69, 9.17) is 0 Å². The minimum absolute atomic E-state index is 0.800. The van der Waals surface area contributed by atoms with Crippen molar-refractivity contribution in [1.82, 2.24) is 5.32 Å². The lowest BCUT2D eigenvalue weighted by atomic mass is 9.94. The molecule has 0 unspecified atom stereocenters. The first kappa shape index (κ1) is 12.5. The molecule has 1 saturated carbocycles. The summed E-state index contributed by atoms with van der Waals surface area (Å²) in [5.41, 5.74) is 0. The summed E-state index contributed by atoms with van der Waals surface area (Å²) < 4.78 is 0. The lowest BCUT2D eigenvalue weighted by Crippen LogP contribution is -2.11. The monoisotopic (exact) mass is 210 g/mol. The second kappa shape index (κ2) is 8.75. The highest BCUT2D eigenvalue weighted by Gasteiger charge is 2.11. The molecule has 0 aromatic heterocycles. The average molecular weight is 210 g/mol. The fourth-order valence-corrected chi connectivity index (χ4v) is 2.53. The van der Waals surface area contributed by atoms with Crippen molar-refractivity contribution in [1.29, 1.82) is 0 Å². The molecule has 0 aliphatic heterocycles. The first-order valence-electron chi connectivity index (χ1n) is 6.53. The first-order chi connectivity index (χ1) is 7.43. The summed E-state index contributed by atoms with van der Waals surface area (Å²) in [6.45, 7) is 0.800. The fourth-order valence-electron chi connectivity index (χ4n) is 2.53. The molecule has 87 valence electrons. The molecule has 1 amide bonds. The Morgan fingerprint density at radius 3 is 2.40 bits per heavy atom. The Kier molecular flexibility index (Phi) is 7.32. The van der Waals surface area contributed by atoms with Crippen molar-refractivity contribution in [2.45, 2.75) is 64.2 Å². The van der Waals surface area contributed by atoms with Gasteiger partial charge in [-0.1, -0.05) is 57.8 Å². The van der Waals surface area contributed by atoms with Gasteiger partial charge < -0.3 is 5.32 Å². The summed E-state index contributed by atoms with van der Waals surface area (Å²) >= 11 is 0. The standard InChI is InChI=1S/C13H24NO/c15-12-14-11-7-3-6-10-13-8-4-1-2-5-9-13/h13H,1-11H2,(H,14,15). The fraction of sp³-hybridized carbons (Fsp3) is 0.923. The van der Waals surface area contributed by atoms with Crippen LogP contribution in [0.25, 0.3) is 0 Å². The van der Waals surface area contributed by atoms with Crippen LogP contribution in [0.1, 0.15) is 64.2 Å². The summed E-state index contributed by atoms with van der Waals surface area (Å²) in [4.78, 5) is 9.89. The summed E-state index contributed by atoms with van der Waals surface area (Å²) in [5, 5.41) is 2.59. The Hall–Kier alpha value is -0.530. The maximum atomic E-state index is 9.89. The normalized spacial score (nSPS) is 18.4. The number of amides is 1. The van der Waals surface area contributed by atoms with Crippen LogP contribution in [-0.4, -0.2) is 13.0 Å². The molecule has 0 spiro atoms. The number of carbonyl (C=O) groups excluding carboxylic acids is 1. The van der Waals surface area contributed by atoms with E-state index in [0.717, 1.165) is 18.9 Å². The SMILES string of the molecule is O=[C]NCCCCCC1CCCCCC1. The van der Waals surface area contributed by atoms with Gasteiger partial charge in [0, 0.05) is 6.54 Å². The van der Waals surface area contributed by atoms with E-state index < -0.39 is 0 Å². The third kappa shape index (κ3) is 6.53. The minimum atomic E-state index is 0.800. The number of hydrogen-bond acceptors (Lipinski definition) is 1. The highest BCUT2D eigenvalue weighted by atomic mass is 16.1. The van der Waals surface area contributed by atoms with Gasteiger partial charge in [-0.25, -0.2) is 0 Å². The van der Waals surface area contributed by atoms with Gasteiger partial charge in [-0.2, -0.15) is 0 Å². The van der Waals surface area contributed by atoms with Crippen LogP contribution in [-0.2, 0) is 4.79 Å². The summed E-state index contributed by atoms with van der Waals surface area (Å²) in [6.07, 6.45) is 15.6. The number of nitrogens with one attached hydrogen (secondary N) is 1. The molecule has 0 saturated heterocycles. The van der Waals surface area contributed by atoms with Crippen LogP contribution < -0.4 is 5.32 Å². The second-order valence-corrected chi connectivity index (χ2v) is 4.74. The van der Waals surface area contributed by atoms with Crippen LogP contribution in [0.2, 0.25) is 0 Å². The van der Waals surface area contributed by atoms with Gasteiger partial charge in [-0.3, -0.25) is 4.79 Å². The highest BCUT2D eigenvalue weighted by Crippen LogP contribution is 2.26. The van der Waals surface area contributed by atoms with Crippen molar-refractivity contribution >= 4 is 6.41 Å². The van der Waals surface area contributed by atoms with Crippen LogP contribution >= 0.6 is 0 Å². The molecule has 1 N–H and O–H groups in total. The Labute approximate surface area is 93.8 Å². The van der Waals surface area contributed by atoms with Crippen molar-refractivity contribution < 1.29 is 4.79 Å². The van der Waals surface area contributed by atoms with Crippen LogP contribution in [0.15, 0.2) is 0 Å². The van der Waals surface area contributed by atoms with Crippen molar-refractivity contribution in [2.24, 2.45) is 5.92 Å². The molecule has 0 aromatic rings. The van der Waals surface area contributed by atoms with Crippen LogP contribution in [0, 0.1) is 5.92 Å². The van der Waals surface area contributed by atoms with Gasteiger partial charge in [0.25, 0.3) is 0 Å². The molecule has 0 heterocycles. The molecule has 2 nitrogen and oxygen atoms in total. The van der Waals surface area contributed by atoms with Gasteiger partial charge in [0.2, 0.25) is 0 Å². The van der Waals surface area contributed by atoms with E-state index in [1.807, 2.05) is 0 Å². The lowest BCUT2D eigenvalue weighted by molar-refractivity contribution is 0.406. The largest absolute Gasteiger partial charge is 0.348 e.